The van der Waals surface area contributed by atoms with Crippen LogP contribution in [0.1, 0.15) is 40.2 Å². The van der Waals surface area contributed by atoms with Crippen molar-refractivity contribution < 1.29 is 19.4 Å². The number of aromatic nitrogens is 1. The van der Waals surface area contributed by atoms with E-state index >= 15 is 0 Å². The molecule has 1 rings (SSSR count). The molecule has 0 spiro atoms. The highest BCUT2D eigenvalue weighted by atomic mass is 32.2. The van der Waals surface area contributed by atoms with Gasteiger partial charge in [-0.05, 0) is 44.4 Å². The molecule has 122 valence electrons. The minimum atomic E-state index is -1.63. The molecule has 0 saturated heterocycles. The van der Waals surface area contributed by atoms with E-state index in [4.69, 9.17) is 4.74 Å². The fraction of sp³-hybridized carbons (Fsp3) is 0.562. The normalized spacial score (nSPS) is 14.5. The Kier molecular flexibility index (Phi) is 6.00. The number of rotatable bonds is 6. The lowest BCUT2D eigenvalue weighted by Gasteiger charge is -2.33. The fourth-order valence-corrected chi connectivity index (χ4v) is 3.09. The molecule has 1 atom stereocenters. The highest BCUT2D eigenvalue weighted by molar-refractivity contribution is 8.01. The number of ether oxygens (including phenoxy) is 1. The van der Waals surface area contributed by atoms with Crippen molar-refractivity contribution in [3.63, 3.8) is 0 Å². The first-order valence-corrected chi connectivity index (χ1v) is 8.08. The summed E-state index contributed by atoms with van der Waals surface area (Å²) in [6.07, 6.45) is 3.28. The zero-order valence-electron chi connectivity index (χ0n) is 13.6. The van der Waals surface area contributed by atoms with E-state index in [2.05, 4.69) is 4.98 Å². The highest BCUT2D eigenvalue weighted by Crippen LogP contribution is 2.38. The highest BCUT2D eigenvalue weighted by Gasteiger charge is 2.52. The van der Waals surface area contributed by atoms with Gasteiger partial charge in [0.1, 0.15) is 5.60 Å². The van der Waals surface area contributed by atoms with Gasteiger partial charge in [0.2, 0.25) is 4.75 Å². The Morgan fingerprint density at radius 2 is 1.82 bits per heavy atom. The molecule has 0 aliphatic rings. The van der Waals surface area contributed by atoms with Crippen molar-refractivity contribution in [3.05, 3.63) is 30.1 Å². The first-order valence-electron chi connectivity index (χ1n) is 7.09. The minimum Gasteiger partial charge on any atom is -0.480 e. The van der Waals surface area contributed by atoms with Crippen LogP contribution >= 0.6 is 11.8 Å². The number of aliphatic carboxylic acids is 1. The largest absolute Gasteiger partial charge is 0.480 e. The molecule has 1 aromatic heterocycles. The molecular weight excluding hydrogens is 302 g/mol. The standard InChI is InChI=1S/C16H23NO4S/c1-11(2)16(13(18)19,14(20)21-15(3,4)5)22-10-12-6-8-17-9-7-12/h6-9,11H,10H2,1-5H3,(H,18,19)/t16-/m1/s1. The van der Waals surface area contributed by atoms with Crippen molar-refractivity contribution >= 4 is 23.7 Å². The van der Waals surface area contributed by atoms with Crippen molar-refractivity contribution in [2.75, 3.05) is 0 Å². The molecule has 1 aromatic rings. The second kappa shape index (κ2) is 7.13. The number of hydrogen-bond acceptors (Lipinski definition) is 5. The van der Waals surface area contributed by atoms with Gasteiger partial charge in [0, 0.05) is 18.1 Å². The van der Waals surface area contributed by atoms with Crippen LogP contribution in [0.2, 0.25) is 0 Å². The third-order valence-electron chi connectivity index (χ3n) is 3.05. The number of carboxylic acids is 1. The van der Waals surface area contributed by atoms with Crippen molar-refractivity contribution in [2.45, 2.75) is 50.7 Å². The van der Waals surface area contributed by atoms with E-state index < -0.39 is 28.2 Å². The van der Waals surface area contributed by atoms with Crippen LogP contribution in [0, 0.1) is 5.92 Å². The van der Waals surface area contributed by atoms with E-state index in [-0.39, 0.29) is 0 Å². The summed E-state index contributed by atoms with van der Waals surface area (Å²) in [6.45, 7) is 8.62. The molecular formula is C16H23NO4S. The van der Waals surface area contributed by atoms with Gasteiger partial charge >= 0.3 is 11.9 Å². The fourth-order valence-electron chi connectivity index (χ4n) is 1.89. The van der Waals surface area contributed by atoms with E-state index in [1.807, 2.05) is 0 Å². The van der Waals surface area contributed by atoms with Crippen LogP contribution in [-0.2, 0) is 20.1 Å². The molecule has 0 amide bonds. The Hall–Kier alpha value is -1.56. The molecule has 0 radical (unpaired) electrons. The van der Waals surface area contributed by atoms with E-state index in [0.717, 1.165) is 17.3 Å². The zero-order chi connectivity index (χ0) is 17.0. The van der Waals surface area contributed by atoms with E-state index in [0.29, 0.717) is 5.75 Å². The van der Waals surface area contributed by atoms with E-state index in [9.17, 15) is 14.7 Å². The van der Waals surface area contributed by atoms with Gasteiger partial charge in [-0.15, -0.1) is 11.8 Å². The molecule has 0 aliphatic heterocycles. The first-order chi connectivity index (χ1) is 10.1. The number of carbonyl (C=O) groups excluding carboxylic acids is 1. The summed E-state index contributed by atoms with van der Waals surface area (Å²) in [6, 6.07) is 3.60. The van der Waals surface area contributed by atoms with Crippen LogP contribution < -0.4 is 0 Å². The number of hydrogen-bond donors (Lipinski definition) is 1. The van der Waals surface area contributed by atoms with E-state index in [1.54, 1.807) is 59.1 Å². The maximum Gasteiger partial charge on any atom is 0.334 e. The molecule has 0 fully saturated rings. The minimum absolute atomic E-state index is 0.395. The number of esters is 1. The van der Waals surface area contributed by atoms with Crippen molar-refractivity contribution in [1.29, 1.82) is 0 Å². The van der Waals surface area contributed by atoms with Crippen LogP contribution in [-0.4, -0.2) is 32.4 Å². The van der Waals surface area contributed by atoms with Gasteiger partial charge in [-0.2, -0.15) is 0 Å². The SMILES string of the molecule is CC(C)[C@@](SCc1ccncc1)(C(=O)O)C(=O)OC(C)(C)C. The third kappa shape index (κ3) is 4.47. The maximum absolute atomic E-state index is 12.5. The number of pyridine rings is 1. The molecule has 5 nitrogen and oxygen atoms in total. The van der Waals surface area contributed by atoms with Crippen LogP contribution in [0.3, 0.4) is 0 Å². The van der Waals surface area contributed by atoms with Crippen molar-refractivity contribution in [2.24, 2.45) is 5.92 Å². The number of carbonyl (C=O) groups is 2. The molecule has 0 unspecified atom stereocenters. The molecule has 0 aromatic carbocycles. The van der Waals surface area contributed by atoms with Gasteiger partial charge in [0.25, 0.3) is 0 Å². The molecule has 0 saturated carbocycles. The zero-order valence-corrected chi connectivity index (χ0v) is 14.4. The average molecular weight is 325 g/mol. The van der Waals surface area contributed by atoms with Crippen LogP contribution in [0.5, 0.6) is 0 Å². The number of carboxylic acid groups (broad SMARTS) is 1. The summed E-state index contributed by atoms with van der Waals surface area (Å²) in [5.74, 6) is -1.89. The predicted octanol–water partition coefficient (Wildman–Crippen LogP) is 3.14. The topological polar surface area (TPSA) is 76.5 Å². The molecule has 22 heavy (non-hydrogen) atoms. The van der Waals surface area contributed by atoms with Gasteiger partial charge in [-0.25, -0.2) is 4.79 Å². The quantitative estimate of drug-likeness (QED) is 0.639. The summed E-state index contributed by atoms with van der Waals surface area (Å²) in [5, 5.41) is 9.71. The van der Waals surface area contributed by atoms with Crippen LogP contribution in [0.4, 0.5) is 0 Å². The lowest BCUT2D eigenvalue weighted by atomic mass is 9.94. The van der Waals surface area contributed by atoms with Gasteiger partial charge in [0.05, 0.1) is 0 Å². The first kappa shape index (κ1) is 18.5. The summed E-state index contributed by atoms with van der Waals surface area (Å²) in [4.78, 5) is 28.4. The smallest absolute Gasteiger partial charge is 0.334 e. The number of nitrogens with zero attached hydrogens (tertiary/aromatic N) is 1. The van der Waals surface area contributed by atoms with Gasteiger partial charge in [-0.3, -0.25) is 9.78 Å². The third-order valence-corrected chi connectivity index (χ3v) is 4.79. The van der Waals surface area contributed by atoms with Crippen molar-refractivity contribution in [1.82, 2.24) is 4.98 Å². The lowest BCUT2D eigenvalue weighted by Crippen LogP contribution is -2.51. The van der Waals surface area contributed by atoms with Crippen LogP contribution in [0.25, 0.3) is 0 Å². The van der Waals surface area contributed by atoms with Crippen LogP contribution in [0.15, 0.2) is 24.5 Å². The second-order valence-electron chi connectivity index (χ2n) is 6.34. The Bertz CT molecular complexity index is 525. The molecule has 0 aliphatic carbocycles. The van der Waals surface area contributed by atoms with Crippen molar-refractivity contribution in [3.8, 4) is 0 Å². The van der Waals surface area contributed by atoms with Gasteiger partial charge in [-0.1, -0.05) is 13.8 Å². The monoisotopic (exact) mass is 325 g/mol. The second-order valence-corrected chi connectivity index (χ2v) is 7.56. The Labute approximate surface area is 135 Å². The Morgan fingerprint density at radius 1 is 1.27 bits per heavy atom. The summed E-state index contributed by atoms with van der Waals surface area (Å²) in [7, 11) is 0. The maximum atomic E-state index is 12.5. The lowest BCUT2D eigenvalue weighted by molar-refractivity contribution is -0.165. The van der Waals surface area contributed by atoms with Gasteiger partial charge < -0.3 is 9.84 Å². The molecule has 1 N–H and O–H groups in total. The molecule has 0 bridgehead atoms. The van der Waals surface area contributed by atoms with E-state index in [1.165, 1.54) is 0 Å². The Balaban J connectivity index is 3.06. The molecule has 6 heteroatoms. The van der Waals surface area contributed by atoms with Gasteiger partial charge in [0.15, 0.2) is 0 Å². The molecule has 1 heterocycles. The Morgan fingerprint density at radius 3 is 2.23 bits per heavy atom. The number of thioether (sulfide) groups is 1. The predicted molar refractivity (Wildman–Crippen MR) is 86.6 cm³/mol. The average Bonchev–Trinajstić information content (AvgIpc) is 2.37. The summed E-state index contributed by atoms with van der Waals surface area (Å²) in [5.41, 5.74) is 0.180. The summed E-state index contributed by atoms with van der Waals surface area (Å²) < 4.78 is 3.73. The summed E-state index contributed by atoms with van der Waals surface area (Å²) >= 11 is 1.09.